The number of rotatable bonds is 5. The molecule has 3 rings (SSSR count). The van der Waals surface area contributed by atoms with Gasteiger partial charge in [0.05, 0.1) is 4.90 Å². The van der Waals surface area contributed by atoms with Crippen LogP contribution in [0.1, 0.15) is 10.4 Å². The van der Waals surface area contributed by atoms with E-state index in [0.717, 1.165) is 6.08 Å². The smallest absolute Gasteiger partial charge is 0.347 e. The van der Waals surface area contributed by atoms with Crippen LogP contribution in [0, 0.1) is 0 Å². The number of benzene rings is 2. The molecular weight excluding hydrogens is 356 g/mol. The molecule has 7 nitrogen and oxygen atoms in total. The first-order valence-corrected chi connectivity index (χ1v) is 9.02. The van der Waals surface area contributed by atoms with Crippen molar-refractivity contribution in [3.63, 3.8) is 0 Å². The Morgan fingerprint density at radius 1 is 1.08 bits per heavy atom. The molecule has 3 aromatic rings. The Hall–Kier alpha value is -3.23. The Kier molecular flexibility index (Phi) is 4.70. The molecule has 0 aliphatic carbocycles. The SMILES string of the molecule is NS(=O)(=O)c1cccc(N/C=C/C(=O)c2cc3ccccc3oc2=O)c1. The lowest BCUT2D eigenvalue weighted by Gasteiger charge is -2.03. The predicted octanol–water partition coefficient (Wildman–Crippen LogP) is 2.25. The van der Waals surface area contributed by atoms with Crippen molar-refractivity contribution in [2.75, 3.05) is 5.32 Å². The van der Waals surface area contributed by atoms with Gasteiger partial charge in [-0.15, -0.1) is 0 Å². The van der Waals surface area contributed by atoms with E-state index in [-0.39, 0.29) is 10.5 Å². The number of hydrogen-bond acceptors (Lipinski definition) is 6. The quantitative estimate of drug-likeness (QED) is 0.404. The molecule has 0 saturated heterocycles. The van der Waals surface area contributed by atoms with Crippen LogP contribution in [0.4, 0.5) is 5.69 Å². The standard InChI is InChI=1S/C18H14N2O5S/c19-26(23,24)14-6-3-5-13(11-14)20-9-8-16(21)15-10-12-4-1-2-7-17(12)25-18(15)22/h1-11,20H,(H2,19,23,24)/b9-8+. The first kappa shape index (κ1) is 17.6. The number of primary sulfonamides is 1. The van der Waals surface area contributed by atoms with Gasteiger partial charge < -0.3 is 9.73 Å². The van der Waals surface area contributed by atoms with Crippen LogP contribution in [0.3, 0.4) is 0 Å². The monoisotopic (exact) mass is 370 g/mol. The van der Waals surface area contributed by atoms with Gasteiger partial charge in [-0.25, -0.2) is 18.4 Å². The van der Waals surface area contributed by atoms with Gasteiger partial charge in [0, 0.05) is 23.3 Å². The number of fused-ring (bicyclic) bond motifs is 1. The summed E-state index contributed by atoms with van der Waals surface area (Å²) in [6.45, 7) is 0. The molecule has 0 aliphatic heterocycles. The molecule has 2 aromatic carbocycles. The van der Waals surface area contributed by atoms with E-state index in [0.29, 0.717) is 16.7 Å². The number of nitrogens with one attached hydrogen (secondary N) is 1. The third-order valence-electron chi connectivity index (χ3n) is 3.55. The summed E-state index contributed by atoms with van der Waals surface area (Å²) in [5, 5.41) is 8.46. The van der Waals surface area contributed by atoms with Gasteiger partial charge in [0.1, 0.15) is 11.1 Å². The maximum atomic E-state index is 12.2. The number of carbonyl (C=O) groups excluding carboxylic acids is 1. The predicted molar refractivity (Wildman–Crippen MR) is 97.4 cm³/mol. The number of anilines is 1. The Morgan fingerprint density at radius 2 is 1.85 bits per heavy atom. The van der Waals surface area contributed by atoms with Crippen LogP contribution in [-0.2, 0) is 10.0 Å². The van der Waals surface area contributed by atoms with Crippen molar-refractivity contribution in [1.82, 2.24) is 0 Å². The Bertz CT molecular complexity index is 1180. The molecule has 8 heteroatoms. The number of para-hydroxylation sites is 1. The van der Waals surface area contributed by atoms with Crippen molar-refractivity contribution in [1.29, 1.82) is 0 Å². The Balaban J connectivity index is 1.80. The second-order valence-electron chi connectivity index (χ2n) is 5.40. The molecule has 26 heavy (non-hydrogen) atoms. The Labute approximate surface area is 148 Å². The molecule has 1 aromatic heterocycles. The topological polar surface area (TPSA) is 119 Å². The van der Waals surface area contributed by atoms with Crippen molar-refractivity contribution in [3.05, 3.63) is 82.9 Å². The average molecular weight is 370 g/mol. The molecule has 132 valence electrons. The van der Waals surface area contributed by atoms with Crippen molar-refractivity contribution in [3.8, 4) is 0 Å². The minimum absolute atomic E-state index is 0.0580. The van der Waals surface area contributed by atoms with E-state index in [4.69, 9.17) is 9.56 Å². The fourth-order valence-corrected chi connectivity index (χ4v) is 2.86. The second-order valence-corrected chi connectivity index (χ2v) is 6.96. The number of hydrogen-bond donors (Lipinski definition) is 2. The first-order chi connectivity index (χ1) is 12.3. The van der Waals surface area contributed by atoms with E-state index in [2.05, 4.69) is 5.32 Å². The molecule has 0 saturated carbocycles. The van der Waals surface area contributed by atoms with Crippen LogP contribution in [0.25, 0.3) is 11.0 Å². The molecular formula is C18H14N2O5S. The van der Waals surface area contributed by atoms with Gasteiger partial charge in [-0.1, -0.05) is 24.3 Å². The summed E-state index contributed by atoms with van der Waals surface area (Å²) in [6.07, 6.45) is 2.46. The molecule has 1 heterocycles. The lowest BCUT2D eigenvalue weighted by atomic mass is 10.1. The Morgan fingerprint density at radius 3 is 2.62 bits per heavy atom. The van der Waals surface area contributed by atoms with E-state index in [1.807, 2.05) is 0 Å². The van der Waals surface area contributed by atoms with Crippen molar-refractivity contribution in [2.45, 2.75) is 4.90 Å². The van der Waals surface area contributed by atoms with Crippen LogP contribution in [-0.4, -0.2) is 14.2 Å². The van der Waals surface area contributed by atoms with Crippen molar-refractivity contribution >= 4 is 32.5 Å². The molecule has 3 N–H and O–H groups in total. The molecule has 0 amide bonds. The zero-order valence-corrected chi connectivity index (χ0v) is 14.2. The van der Waals surface area contributed by atoms with E-state index in [1.165, 1.54) is 30.5 Å². The van der Waals surface area contributed by atoms with Gasteiger partial charge in [0.25, 0.3) is 0 Å². The van der Waals surface area contributed by atoms with Gasteiger partial charge >= 0.3 is 5.63 Å². The maximum absolute atomic E-state index is 12.2. The van der Waals surface area contributed by atoms with Gasteiger partial charge in [0.15, 0.2) is 5.78 Å². The lowest BCUT2D eigenvalue weighted by Crippen LogP contribution is -2.12. The van der Waals surface area contributed by atoms with Crippen LogP contribution < -0.4 is 16.1 Å². The first-order valence-electron chi connectivity index (χ1n) is 7.48. The summed E-state index contributed by atoms with van der Waals surface area (Å²) in [4.78, 5) is 24.1. The summed E-state index contributed by atoms with van der Waals surface area (Å²) in [5.74, 6) is -0.542. The van der Waals surface area contributed by atoms with Crippen LogP contribution in [0.15, 0.2) is 81.0 Å². The zero-order valence-electron chi connectivity index (χ0n) is 13.4. The molecule has 0 radical (unpaired) electrons. The molecule has 0 spiro atoms. The highest BCUT2D eigenvalue weighted by atomic mass is 32.2. The number of allylic oxidation sites excluding steroid dienone is 1. The molecule has 0 fully saturated rings. The maximum Gasteiger partial charge on any atom is 0.347 e. The number of carbonyl (C=O) groups is 1. The van der Waals surface area contributed by atoms with Crippen molar-refractivity contribution in [2.24, 2.45) is 5.14 Å². The van der Waals surface area contributed by atoms with E-state index >= 15 is 0 Å². The fraction of sp³-hybridized carbons (Fsp3) is 0. The third kappa shape index (κ3) is 3.88. The van der Waals surface area contributed by atoms with E-state index < -0.39 is 21.4 Å². The second kappa shape index (κ2) is 6.95. The molecule has 0 unspecified atom stereocenters. The van der Waals surface area contributed by atoms with Gasteiger partial charge in [-0.3, -0.25) is 4.79 Å². The van der Waals surface area contributed by atoms with E-state index in [1.54, 1.807) is 30.3 Å². The third-order valence-corrected chi connectivity index (χ3v) is 4.47. The van der Waals surface area contributed by atoms with Gasteiger partial charge in [-0.05, 0) is 30.3 Å². The van der Waals surface area contributed by atoms with Crippen molar-refractivity contribution < 1.29 is 17.6 Å². The summed E-state index contributed by atoms with van der Waals surface area (Å²) in [5.41, 5.74) is -0.00306. The summed E-state index contributed by atoms with van der Waals surface area (Å²) in [7, 11) is -3.82. The lowest BCUT2D eigenvalue weighted by molar-refractivity contribution is 0.104. The van der Waals surface area contributed by atoms with Crippen LogP contribution in [0.2, 0.25) is 0 Å². The van der Waals surface area contributed by atoms with E-state index in [9.17, 15) is 18.0 Å². The van der Waals surface area contributed by atoms with Gasteiger partial charge in [0.2, 0.25) is 10.0 Å². The van der Waals surface area contributed by atoms with Gasteiger partial charge in [-0.2, -0.15) is 0 Å². The largest absolute Gasteiger partial charge is 0.422 e. The zero-order chi connectivity index (χ0) is 18.7. The van der Waals surface area contributed by atoms with Crippen LogP contribution >= 0.6 is 0 Å². The van der Waals surface area contributed by atoms with Crippen LogP contribution in [0.5, 0.6) is 0 Å². The highest BCUT2D eigenvalue weighted by Crippen LogP contribution is 2.15. The molecule has 0 bridgehead atoms. The average Bonchev–Trinajstić information content (AvgIpc) is 2.60. The number of sulfonamides is 1. The number of nitrogens with two attached hydrogens (primary N) is 1. The minimum Gasteiger partial charge on any atom is -0.422 e. The summed E-state index contributed by atoms with van der Waals surface area (Å²) < 4.78 is 27.8. The number of ketones is 1. The highest BCUT2D eigenvalue weighted by Gasteiger charge is 2.11. The molecule has 0 aliphatic rings. The fourth-order valence-electron chi connectivity index (χ4n) is 2.30. The summed E-state index contributed by atoms with van der Waals surface area (Å²) in [6, 6.07) is 14.1. The minimum atomic E-state index is -3.82. The normalized spacial score (nSPS) is 11.7. The highest BCUT2D eigenvalue weighted by molar-refractivity contribution is 7.89. The molecule has 0 atom stereocenters. The summed E-state index contributed by atoms with van der Waals surface area (Å²) >= 11 is 0.